The lowest BCUT2D eigenvalue weighted by atomic mass is 9.70. The summed E-state index contributed by atoms with van der Waals surface area (Å²) in [5.74, 6) is 0. The number of hydrogen-bond acceptors (Lipinski definition) is 1. The lowest BCUT2D eigenvalue weighted by Crippen LogP contribution is -2.26. The van der Waals surface area contributed by atoms with Crippen LogP contribution in [0.1, 0.15) is 22.3 Å². The van der Waals surface area contributed by atoms with Crippen LogP contribution in [0.2, 0.25) is 0 Å². The van der Waals surface area contributed by atoms with E-state index in [0.29, 0.717) is 0 Å². The Bertz CT molecular complexity index is 4300. The molecule has 0 radical (unpaired) electrons. The molecule has 1 spiro atoms. The standard InChI is InChI=1S/C75H49N/c1-3-18-50(19-4-1)52-34-36-53(37-35-52)54-38-40-55(41-39-54)56-42-44-59(45-43-56)76(60-46-47-66-65-28-13-16-33-71(65)75(72(66)49-60)69-31-14-11-26-63(69)64-27-12-15-32-70(64)75)74-68-30-10-8-25-62(68)61-24-7-9-29-67(61)73(74)58-23-17-22-57(48-58)51-20-5-2-6-21-51/h1-49H. The van der Waals surface area contributed by atoms with Gasteiger partial charge in [-0.3, -0.25) is 0 Å². The number of benzene rings is 13. The second-order valence-electron chi connectivity index (χ2n) is 20.3. The summed E-state index contributed by atoms with van der Waals surface area (Å²) in [5.41, 5.74) is 25.2. The Balaban J connectivity index is 0.947. The third-order valence-corrected chi connectivity index (χ3v) is 16.3. The molecule has 0 aromatic heterocycles. The van der Waals surface area contributed by atoms with Crippen LogP contribution in [0, 0.1) is 0 Å². The Morgan fingerprint density at radius 1 is 0.211 bits per heavy atom. The molecule has 76 heavy (non-hydrogen) atoms. The van der Waals surface area contributed by atoms with Crippen molar-refractivity contribution in [2.45, 2.75) is 5.41 Å². The maximum Gasteiger partial charge on any atom is 0.0726 e. The summed E-state index contributed by atoms with van der Waals surface area (Å²) in [6.45, 7) is 0. The van der Waals surface area contributed by atoms with E-state index in [1.54, 1.807) is 0 Å². The smallest absolute Gasteiger partial charge is 0.0726 e. The average molecular weight is 964 g/mol. The highest BCUT2D eigenvalue weighted by molar-refractivity contribution is 6.22. The van der Waals surface area contributed by atoms with E-state index in [-0.39, 0.29) is 0 Å². The minimum Gasteiger partial charge on any atom is -0.309 e. The van der Waals surface area contributed by atoms with Crippen LogP contribution in [0.25, 0.3) is 99.4 Å². The molecule has 0 amide bonds. The molecular weight excluding hydrogens is 915 g/mol. The summed E-state index contributed by atoms with van der Waals surface area (Å²) in [6, 6.07) is 110. The first kappa shape index (κ1) is 43.7. The average Bonchev–Trinajstić information content (AvgIpc) is 4.19. The van der Waals surface area contributed by atoms with Gasteiger partial charge in [0.1, 0.15) is 0 Å². The molecule has 13 aromatic carbocycles. The van der Waals surface area contributed by atoms with Crippen molar-refractivity contribution in [3.05, 3.63) is 320 Å². The highest BCUT2D eigenvalue weighted by atomic mass is 15.1. The van der Waals surface area contributed by atoms with Crippen LogP contribution in [0.5, 0.6) is 0 Å². The molecule has 0 saturated carbocycles. The van der Waals surface area contributed by atoms with E-state index in [1.165, 1.54) is 116 Å². The Hall–Kier alpha value is -9.82. The summed E-state index contributed by atoms with van der Waals surface area (Å²) < 4.78 is 0. The lowest BCUT2D eigenvalue weighted by Gasteiger charge is -2.33. The second kappa shape index (κ2) is 17.7. The predicted octanol–water partition coefficient (Wildman–Crippen LogP) is 20.1. The van der Waals surface area contributed by atoms with Crippen LogP contribution < -0.4 is 4.90 Å². The molecule has 0 atom stereocenters. The van der Waals surface area contributed by atoms with E-state index in [9.17, 15) is 0 Å². The Kier molecular flexibility index (Phi) is 10.2. The largest absolute Gasteiger partial charge is 0.309 e. The first-order valence-corrected chi connectivity index (χ1v) is 26.4. The highest BCUT2D eigenvalue weighted by Crippen LogP contribution is 2.63. The van der Waals surface area contributed by atoms with Gasteiger partial charge in [-0.15, -0.1) is 0 Å². The van der Waals surface area contributed by atoms with Crippen LogP contribution in [-0.2, 0) is 5.41 Å². The molecule has 0 aliphatic heterocycles. The third-order valence-electron chi connectivity index (χ3n) is 16.3. The number of hydrogen-bond donors (Lipinski definition) is 0. The van der Waals surface area contributed by atoms with Crippen molar-refractivity contribution in [1.82, 2.24) is 0 Å². The normalized spacial score (nSPS) is 12.6. The molecule has 13 aromatic rings. The molecule has 0 fully saturated rings. The molecule has 0 heterocycles. The van der Waals surface area contributed by atoms with E-state index in [2.05, 4.69) is 302 Å². The van der Waals surface area contributed by atoms with E-state index in [1.807, 2.05) is 0 Å². The molecule has 1 nitrogen and oxygen atoms in total. The van der Waals surface area contributed by atoms with Crippen LogP contribution in [0.4, 0.5) is 17.1 Å². The molecule has 15 rings (SSSR count). The lowest BCUT2D eigenvalue weighted by molar-refractivity contribution is 0.793. The number of anilines is 3. The number of nitrogens with zero attached hydrogens (tertiary/aromatic N) is 1. The Morgan fingerprint density at radius 3 is 1.09 bits per heavy atom. The summed E-state index contributed by atoms with van der Waals surface area (Å²) in [4.78, 5) is 2.56. The molecule has 0 unspecified atom stereocenters. The molecule has 1 heteroatoms. The topological polar surface area (TPSA) is 3.24 Å². The van der Waals surface area contributed by atoms with Gasteiger partial charge in [0.15, 0.2) is 0 Å². The first-order chi connectivity index (χ1) is 37.7. The van der Waals surface area contributed by atoms with Crippen molar-refractivity contribution in [1.29, 1.82) is 0 Å². The quantitative estimate of drug-likeness (QED) is 0.137. The van der Waals surface area contributed by atoms with E-state index in [0.717, 1.165) is 22.6 Å². The molecule has 0 bridgehead atoms. The fourth-order valence-electron chi connectivity index (χ4n) is 12.9. The van der Waals surface area contributed by atoms with Crippen molar-refractivity contribution in [3.63, 3.8) is 0 Å². The minimum atomic E-state index is -0.501. The van der Waals surface area contributed by atoms with Gasteiger partial charge in [0.2, 0.25) is 0 Å². The zero-order valence-corrected chi connectivity index (χ0v) is 41.7. The molecule has 2 aliphatic carbocycles. The predicted molar refractivity (Wildman–Crippen MR) is 320 cm³/mol. The summed E-state index contributed by atoms with van der Waals surface area (Å²) >= 11 is 0. The van der Waals surface area contributed by atoms with Gasteiger partial charge in [0, 0.05) is 22.3 Å². The number of fused-ring (bicyclic) bond motifs is 13. The first-order valence-electron chi connectivity index (χ1n) is 26.4. The van der Waals surface area contributed by atoms with Gasteiger partial charge < -0.3 is 4.90 Å². The van der Waals surface area contributed by atoms with Gasteiger partial charge >= 0.3 is 0 Å². The monoisotopic (exact) mass is 963 g/mol. The molecular formula is C75H49N. The maximum absolute atomic E-state index is 2.56. The van der Waals surface area contributed by atoms with Gasteiger partial charge in [-0.25, -0.2) is 0 Å². The van der Waals surface area contributed by atoms with E-state index in [4.69, 9.17) is 0 Å². The maximum atomic E-state index is 2.56. The van der Waals surface area contributed by atoms with Gasteiger partial charge in [-0.05, 0) is 141 Å². The van der Waals surface area contributed by atoms with Crippen molar-refractivity contribution >= 4 is 38.6 Å². The SMILES string of the molecule is c1ccc(-c2ccc(-c3ccc(-c4ccc(N(c5ccc6c(c5)C5(c7ccccc7-c7ccccc75)c5ccccc5-6)c5c(-c6cccc(-c7ccccc7)c6)c6ccccc6c6ccccc56)cc4)cc3)cc2)cc1. The van der Waals surface area contributed by atoms with Crippen LogP contribution >= 0.6 is 0 Å². The zero-order chi connectivity index (χ0) is 50.2. The fourth-order valence-corrected chi connectivity index (χ4v) is 12.9. The van der Waals surface area contributed by atoms with Crippen molar-refractivity contribution in [2.75, 3.05) is 4.90 Å². The Morgan fingerprint density at radius 2 is 0.566 bits per heavy atom. The molecule has 354 valence electrons. The van der Waals surface area contributed by atoms with E-state index < -0.39 is 5.41 Å². The van der Waals surface area contributed by atoms with Crippen molar-refractivity contribution < 1.29 is 0 Å². The summed E-state index contributed by atoms with van der Waals surface area (Å²) in [6.07, 6.45) is 0. The molecule has 2 aliphatic rings. The van der Waals surface area contributed by atoms with E-state index >= 15 is 0 Å². The molecule has 0 N–H and O–H groups in total. The van der Waals surface area contributed by atoms with Crippen LogP contribution in [0.3, 0.4) is 0 Å². The summed E-state index contributed by atoms with van der Waals surface area (Å²) in [5, 5.41) is 4.85. The van der Waals surface area contributed by atoms with Crippen molar-refractivity contribution in [2.24, 2.45) is 0 Å². The number of rotatable bonds is 8. The van der Waals surface area contributed by atoms with Crippen LogP contribution in [-0.4, -0.2) is 0 Å². The second-order valence-corrected chi connectivity index (χ2v) is 20.3. The molecule has 0 saturated heterocycles. The summed E-state index contributed by atoms with van der Waals surface area (Å²) in [7, 11) is 0. The minimum absolute atomic E-state index is 0.501. The third kappa shape index (κ3) is 6.79. The van der Waals surface area contributed by atoms with Gasteiger partial charge in [0.25, 0.3) is 0 Å². The van der Waals surface area contributed by atoms with Gasteiger partial charge in [0.05, 0.1) is 11.1 Å². The van der Waals surface area contributed by atoms with Gasteiger partial charge in [-0.2, -0.15) is 0 Å². The zero-order valence-electron chi connectivity index (χ0n) is 41.7. The van der Waals surface area contributed by atoms with Crippen molar-refractivity contribution in [3.8, 4) is 77.9 Å². The fraction of sp³-hybridized carbons (Fsp3) is 0.0133. The Labute approximate surface area is 443 Å². The van der Waals surface area contributed by atoms with Gasteiger partial charge in [-0.1, -0.05) is 267 Å². The van der Waals surface area contributed by atoms with Crippen LogP contribution in [0.15, 0.2) is 297 Å². The highest BCUT2D eigenvalue weighted by Gasteiger charge is 2.51.